The summed E-state index contributed by atoms with van der Waals surface area (Å²) in [6.45, 7) is 5.77. The molecule has 152 valence electrons. The number of nitrogens with zero attached hydrogens (tertiary/aromatic N) is 3. The molecular weight excluding hydrogens is 385 g/mol. The van der Waals surface area contributed by atoms with Gasteiger partial charge in [0, 0.05) is 37.9 Å². The van der Waals surface area contributed by atoms with Crippen molar-refractivity contribution in [3.05, 3.63) is 53.3 Å². The number of hydrogen-bond acceptors (Lipinski definition) is 4. The van der Waals surface area contributed by atoms with Gasteiger partial charge >= 0.3 is 0 Å². The summed E-state index contributed by atoms with van der Waals surface area (Å²) in [7, 11) is 5.73. The van der Waals surface area contributed by atoms with E-state index in [-0.39, 0.29) is 30.7 Å². The zero-order chi connectivity index (χ0) is 18.4. The van der Waals surface area contributed by atoms with E-state index in [2.05, 4.69) is 53.7 Å². The number of likely N-dealkylation sites (N-methyl/N-ethyl adjacent to an activating group) is 1. The third-order valence-corrected chi connectivity index (χ3v) is 4.38. The number of aryl methyl sites for hydroxylation is 1. The van der Waals surface area contributed by atoms with E-state index in [1.165, 1.54) is 5.56 Å². The molecule has 0 aliphatic carbocycles. The van der Waals surface area contributed by atoms with E-state index in [1.54, 1.807) is 17.9 Å². The highest BCUT2D eigenvalue weighted by molar-refractivity contribution is 5.85. The second kappa shape index (κ2) is 12.0. The molecule has 8 heteroatoms. The molecule has 0 aliphatic rings. The van der Waals surface area contributed by atoms with Gasteiger partial charge in [-0.2, -0.15) is 5.10 Å². The maximum absolute atomic E-state index is 12.5. The number of halogens is 2. The fourth-order valence-electron chi connectivity index (χ4n) is 2.64. The van der Waals surface area contributed by atoms with Crippen molar-refractivity contribution in [1.29, 1.82) is 0 Å². The normalized spacial score (nSPS) is 11.7. The van der Waals surface area contributed by atoms with Gasteiger partial charge in [0.1, 0.15) is 6.04 Å². The molecule has 1 aromatic heterocycles. The van der Waals surface area contributed by atoms with Crippen LogP contribution in [0.15, 0.2) is 36.7 Å². The molecule has 1 heterocycles. The third-order valence-electron chi connectivity index (χ3n) is 4.38. The highest BCUT2D eigenvalue weighted by Crippen LogP contribution is 2.13. The molecule has 6 nitrogen and oxygen atoms in total. The van der Waals surface area contributed by atoms with E-state index in [0.717, 1.165) is 17.7 Å². The molecular formula is C19H31Cl2N5O. The number of benzene rings is 1. The van der Waals surface area contributed by atoms with E-state index in [9.17, 15) is 4.79 Å². The molecule has 0 bridgehead atoms. The van der Waals surface area contributed by atoms with Crippen LogP contribution in [0.1, 0.15) is 36.6 Å². The van der Waals surface area contributed by atoms with E-state index in [1.807, 2.05) is 25.4 Å². The number of amides is 1. The topological polar surface area (TPSA) is 62.2 Å². The molecule has 2 aromatic rings. The van der Waals surface area contributed by atoms with Crippen LogP contribution in [-0.2, 0) is 24.9 Å². The lowest BCUT2D eigenvalue weighted by atomic mass is 10.1. The van der Waals surface area contributed by atoms with Crippen LogP contribution in [0.4, 0.5) is 0 Å². The molecule has 0 fully saturated rings. The quantitative estimate of drug-likeness (QED) is 0.695. The van der Waals surface area contributed by atoms with E-state index in [4.69, 9.17) is 0 Å². The molecule has 0 saturated carbocycles. The van der Waals surface area contributed by atoms with E-state index < -0.39 is 6.04 Å². The lowest BCUT2D eigenvalue weighted by molar-refractivity contribution is -0.123. The fourth-order valence-corrected chi connectivity index (χ4v) is 2.64. The summed E-state index contributed by atoms with van der Waals surface area (Å²) in [4.78, 5) is 14.8. The average Bonchev–Trinajstić information content (AvgIpc) is 3.00. The largest absolute Gasteiger partial charge is 0.350 e. The maximum atomic E-state index is 12.5. The van der Waals surface area contributed by atoms with Crippen molar-refractivity contribution in [2.75, 3.05) is 14.1 Å². The van der Waals surface area contributed by atoms with Crippen molar-refractivity contribution in [3.63, 3.8) is 0 Å². The van der Waals surface area contributed by atoms with Gasteiger partial charge in [-0.05, 0) is 39.1 Å². The molecule has 27 heavy (non-hydrogen) atoms. The Bertz CT molecular complexity index is 705. The first-order valence-corrected chi connectivity index (χ1v) is 8.62. The Kier molecular flexibility index (Phi) is 11.3. The van der Waals surface area contributed by atoms with Gasteiger partial charge < -0.3 is 10.6 Å². The first-order chi connectivity index (χ1) is 11.9. The second-order valence-electron chi connectivity index (χ2n) is 6.72. The van der Waals surface area contributed by atoms with Gasteiger partial charge in [0.2, 0.25) is 5.91 Å². The Balaban J connectivity index is 0.00000338. The summed E-state index contributed by atoms with van der Waals surface area (Å²) in [5.74, 6) is -0.0554. The minimum Gasteiger partial charge on any atom is -0.350 e. The molecule has 1 atom stereocenters. The van der Waals surface area contributed by atoms with E-state index in [0.29, 0.717) is 12.6 Å². The monoisotopic (exact) mass is 415 g/mol. The first kappa shape index (κ1) is 25.4. The van der Waals surface area contributed by atoms with Gasteiger partial charge in [0.15, 0.2) is 0 Å². The third kappa shape index (κ3) is 7.50. The maximum Gasteiger partial charge on any atom is 0.242 e. The molecule has 1 amide bonds. The van der Waals surface area contributed by atoms with Crippen molar-refractivity contribution in [2.45, 2.75) is 39.0 Å². The van der Waals surface area contributed by atoms with Crippen molar-refractivity contribution < 1.29 is 4.79 Å². The molecule has 2 N–H and O–H groups in total. The van der Waals surface area contributed by atoms with Crippen LogP contribution >= 0.6 is 24.8 Å². The van der Waals surface area contributed by atoms with Crippen LogP contribution < -0.4 is 10.6 Å². The van der Waals surface area contributed by atoms with Crippen molar-refractivity contribution in [2.24, 2.45) is 7.05 Å². The predicted molar refractivity (Wildman–Crippen MR) is 114 cm³/mol. The van der Waals surface area contributed by atoms with Gasteiger partial charge in [-0.15, -0.1) is 24.8 Å². The van der Waals surface area contributed by atoms with Crippen LogP contribution in [0, 0.1) is 0 Å². The number of hydrogen-bond donors (Lipinski definition) is 2. The Morgan fingerprint density at radius 1 is 1.26 bits per heavy atom. The summed E-state index contributed by atoms with van der Waals surface area (Å²) in [5, 5.41) is 10.2. The van der Waals surface area contributed by atoms with Gasteiger partial charge in [-0.25, -0.2) is 0 Å². The van der Waals surface area contributed by atoms with Gasteiger partial charge in [-0.3, -0.25) is 14.4 Å². The van der Waals surface area contributed by atoms with Crippen molar-refractivity contribution in [1.82, 2.24) is 25.3 Å². The smallest absolute Gasteiger partial charge is 0.242 e. The Hall–Kier alpha value is -1.60. The van der Waals surface area contributed by atoms with E-state index >= 15 is 0 Å². The molecule has 1 aromatic carbocycles. The van der Waals surface area contributed by atoms with Crippen LogP contribution in [0.5, 0.6) is 0 Å². The van der Waals surface area contributed by atoms with Crippen molar-refractivity contribution in [3.8, 4) is 0 Å². The Morgan fingerprint density at radius 3 is 2.48 bits per heavy atom. The summed E-state index contributed by atoms with van der Waals surface area (Å²) in [6, 6.07) is 8.45. The minimum atomic E-state index is -0.399. The first-order valence-electron chi connectivity index (χ1n) is 8.62. The number of carbonyl (C=O) groups is 1. The summed E-state index contributed by atoms with van der Waals surface area (Å²) < 4.78 is 1.70. The van der Waals surface area contributed by atoms with Gasteiger partial charge in [-0.1, -0.05) is 24.3 Å². The molecule has 0 saturated heterocycles. The number of aromatic nitrogens is 2. The fraction of sp³-hybridized carbons (Fsp3) is 0.474. The highest BCUT2D eigenvalue weighted by atomic mass is 35.5. The SMILES string of the molecule is CNC(C(=O)NCc1cccc(CN(C)C(C)C)c1)c1cnn(C)c1.Cl.Cl. The van der Waals surface area contributed by atoms with Crippen LogP contribution in [-0.4, -0.2) is 40.7 Å². The number of rotatable bonds is 8. The Labute approximate surface area is 174 Å². The highest BCUT2D eigenvalue weighted by Gasteiger charge is 2.19. The molecule has 2 rings (SSSR count). The standard InChI is InChI=1S/C19H29N5O.2ClH/c1-14(2)23(4)12-16-8-6-7-15(9-16)10-21-19(25)18(20-3)17-11-22-24(5)13-17;;/h6-9,11,13-14,18,20H,10,12H2,1-5H3,(H,21,25);2*1H. The lowest BCUT2D eigenvalue weighted by Gasteiger charge is -2.21. The molecule has 0 spiro atoms. The minimum absolute atomic E-state index is 0. The van der Waals surface area contributed by atoms with Crippen molar-refractivity contribution >= 4 is 30.7 Å². The molecule has 0 radical (unpaired) electrons. The van der Waals surface area contributed by atoms with Crippen LogP contribution in [0.25, 0.3) is 0 Å². The zero-order valence-electron chi connectivity index (χ0n) is 16.6. The molecule has 0 aliphatic heterocycles. The predicted octanol–water partition coefficient (Wildman–Crippen LogP) is 2.68. The summed E-state index contributed by atoms with van der Waals surface area (Å²) in [5.41, 5.74) is 3.21. The van der Waals surface area contributed by atoms with Gasteiger partial charge in [0.25, 0.3) is 0 Å². The van der Waals surface area contributed by atoms with Crippen LogP contribution in [0.3, 0.4) is 0 Å². The summed E-state index contributed by atoms with van der Waals surface area (Å²) >= 11 is 0. The summed E-state index contributed by atoms with van der Waals surface area (Å²) in [6.07, 6.45) is 3.56. The lowest BCUT2D eigenvalue weighted by Crippen LogP contribution is -2.35. The Morgan fingerprint density at radius 2 is 1.93 bits per heavy atom. The number of carbonyl (C=O) groups excluding carboxylic acids is 1. The zero-order valence-corrected chi connectivity index (χ0v) is 18.2. The second-order valence-corrected chi connectivity index (χ2v) is 6.72. The van der Waals surface area contributed by atoms with Crippen LogP contribution in [0.2, 0.25) is 0 Å². The average molecular weight is 416 g/mol. The number of nitrogens with one attached hydrogen (secondary N) is 2. The molecule has 1 unspecified atom stereocenters. The van der Waals surface area contributed by atoms with Gasteiger partial charge in [0.05, 0.1) is 6.20 Å².